The molecule has 0 spiro atoms. The van der Waals surface area contributed by atoms with Gasteiger partial charge in [-0.15, -0.1) is 35.7 Å². The topological polar surface area (TPSA) is 44.9 Å². The van der Waals surface area contributed by atoms with Gasteiger partial charge >= 0.3 is 21.1 Å². The molecule has 4 aromatic carbocycles. The van der Waals surface area contributed by atoms with Gasteiger partial charge in [-0.1, -0.05) is 23.7 Å². The first-order chi connectivity index (χ1) is 20.8. The monoisotopic (exact) mass is 767 g/mol. The van der Waals surface area contributed by atoms with E-state index in [-0.39, 0.29) is 32.2 Å². The number of hydrogen-bond donors (Lipinski definition) is 0. The Labute approximate surface area is 265 Å². The molecule has 7 rings (SSSR count). The molecule has 5 nitrogen and oxygen atoms in total. The summed E-state index contributed by atoms with van der Waals surface area (Å²) in [7, 11) is 0. The zero-order chi connectivity index (χ0) is 29.8. The van der Waals surface area contributed by atoms with E-state index < -0.39 is 17.5 Å². The fraction of sp³-hybridized carbons (Fsp3) is 0.0857. The third-order valence-corrected chi connectivity index (χ3v) is 7.44. The number of hydrogen-bond acceptors (Lipinski definition) is 3. The minimum atomic E-state index is -0.992. The van der Waals surface area contributed by atoms with E-state index in [4.69, 9.17) is 4.74 Å². The quantitative estimate of drug-likeness (QED) is 0.165. The average Bonchev–Trinajstić information content (AvgIpc) is 3.46. The van der Waals surface area contributed by atoms with Crippen LogP contribution < -0.4 is 4.74 Å². The Morgan fingerprint density at radius 1 is 0.750 bits per heavy atom. The Morgan fingerprint density at radius 3 is 2.27 bits per heavy atom. The van der Waals surface area contributed by atoms with Crippen molar-refractivity contribution in [3.8, 4) is 34.1 Å². The Bertz CT molecular complexity index is 2180. The first-order valence-corrected chi connectivity index (χ1v) is 13.6. The zero-order valence-electron chi connectivity index (χ0n) is 23.7. The molecule has 0 N–H and O–H groups in total. The molecule has 0 unspecified atom stereocenters. The molecule has 220 valence electrons. The summed E-state index contributed by atoms with van der Waals surface area (Å²) in [6, 6.07) is 29.2. The maximum absolute atomic E-state index is 14.7. The molecule has 0 aliphatic heterocycles. The van der Waals surface area contributed by atoms with Gasteiger partial charge in [0.1, 0.15) is 23.3 Å². The summed E-state index contributed by atoms with van der Waals surface area (Å²) in [6.45, 7) is 5.37. The molecule has 0 aliphatic carbocycles. The number of aryl methyl sites for hydroxylation is 2. The van der Waals surface area contributed by atoms with Gasteiger partial charge in [0, 0.05) is 46.6 Å². The van der Waals surface area contributed by atoms with E-state index in [0.717, 1.165) is 33.2 Å². The van der Waals surface area contributed by atoms with Crippen LogP contribution in [0.3, 0.4) is 0 Å². The minimum absolute atomic E-state index is 0. The van der Waals surface area contributed by atoms with Crippen LogP contribution in [0.4, 0.5) is 13.2 Å². The van der Waals surface area contributed by atoms with Crippen LogP contribution in [0.15, 0.2) is 85.1 Å². The van der Waals surface area contributed by atoms with Crippen molar-refractivity contribution in [3.05, 3.63) is 132 Å². The second-order valence-electron chi connectivity index (χ2n) is 10.3. The first-order valence-electron chi connectivity index (χ1n) is 13.6. The van der Waals surface area contributed by atoms with Crippen LogP contribution in [0, 0.1) is 50.4 Å². The molecule has 0 radical (unpaired) electrons. The molecule has 3 aromatic heterocycles. The van der Waals surface area contributed by atoms with Crippen molar-refractivity contribution < 1.29 is 39.0 Å². The maximum atomic E-state index is 14.7. The number of halogens is 3. The van der Waals surface area contributed by atoms with E-state index >= 15 is 0 Å². The Kier molecular flexibility index (Phi) is 7.64. The van der Waals surface area contributed by atoms with Gasteiger partial charge in [0.15, 0.2) is 0 Å². The van der Waals surface area contributed by atoms with Crippen molar-refractivity contribution in [2.75, 3.05) is 0 Å². The number of benzene rings is 4. The summed E-state index contributed by atoms with van der Waals surface area (Å²) in [5.74, 6) is -1.31. The van der Waals surface area contributed by atoms with E-state index in [1.807, 2.05) is 43.3 Å². The van der Waals surface area contributed by atoms with Gasteiger partial charge in [-0.25, -0.2) is 18.2 Å². The minimum Gasteiger partial charge on any atom is -0.509 e. The molecule has 0 bridgehead atoms. The maximum Gasteiger partial charge on any atom is 2.00 e. The molecule has 0 saturated carbocycles. The average molecular weight is 768 g/mol. The number of fused-ring (bicyclic) bond motifs is 3. The van der Waals surface area contributed by atoms with Gasteiger partial charge in [-0.05, 0) is 55.6 Å². The summed E-state index contributed by atoms with van der Waals surface area (Å²) < 4.78 is 52.7. The number of para-hydroxylation sites is 1. The Morgan fingerprint density at radius 2 is 1.50 bits per heavy atom. The number of aromatic nitrogens is 4. The molecule has 0 amide bonds. The van der Waals surface area contributed by atoms with Crippen LogP contribution in [-0.2, 0) is 21.1 Å². The van der Waals surface area contributed by atoms with Gasteiger partial charge < -0.3 is 9.30 Å². The Balaban J connectivity index is 0.00000343. The predicted octanol–water partition coefficient (Wildman–Crippen LogP) is 8.76. The normalized spacial score (nSPS) is 11.2. The van der Waals surface area contributed by atoms with E-state index in [1.54, 1.807) is 38.2 Å². The van der Waals surface area contributed by atoms with Gasteiger partial charge in [-0.2, -0.15) is 17.2 Å². The first kappa shape index (κ1) is 29.4. The van der Waals surface area contributed by atoms with Crippen molar-refractivity contribution in [2.24, 2.45) is 0 Å². The molecular formula is C35H23F3N4OPt. The molecule has 3 heterocycles. The molecule has 9 heteroatoms. The third-order valence-electron chi connectivity index (χ3n) is 7.44. The van der Waals surface area contributed by atoms with Crippen molar-refractivity contribution in [1.82, 2.24) is 19.3 Å². The van der Waals surface area contributed by atoms with Gasteiger partial charge in [0.05, 0.1) is 11.3 Å². The SMILES string of the molecule is Cc1ccnc(-n2c3[c-]c(Oc4[c-]c(-n5nc(C)c(-c6c(F)cc(F)cc6F)c5C)ccc4)ccc3c3ccccc32)c1.[Pt+2]. The van der Waals surface area contributed by atoms with Crippen molar-refractivity contribution in [1.29, 1.82) is 0 Å². The van der Waals surface area contributed by atoms with Crippen LogP contribution in [0.1, 0.15) is 17.0 Å². The van der Waals surface area contributed by atoms with Crippen LogP contribution in [0.25, 0.3) is 44.4 Å². The smallest absolute Gasteiger partial charge is 0.509 e. The number of rotatable bonds is 5. The summed E-state index contributed by atoms with van der Waals surface area (Å²) in [6.07, 6.45) is 1.79. The molecule has 44 heavy (non-hydrogen) atoms. The van der Waals surface area contributed by atoms with E-state index in [0.29, 0.717) is 40.7 Å². The fourth-order valence-electron chi connectivity index (χ4n) is 5.57. The molecule has 0 atom stereocenters. The van der Waals surface area contributed by atoms with Crippen molar-refractivity contribution >= 4 is 21.8 Å². The summed E-state index contributed by atoms with van der Waals surface area (Å²) in [4.78, 5) is 4.62. The standard InChI is InChI=1S/C35H23F3N4O.Pt/c1-20-13-14-39-33(15-20)41-31-10-5-4-9-27(31)28-12-11-26(19-32(28)41)43-25-8-6-7-24(18-25)42-22(3)34(21(2)40-42)35-29(37)16-23(36)17-30(35)38;/h4-17H,1-3H3;/q-2;+2. The van der Waals surface area contributed by atoms with E-state index in [2.05, 4.69) is 38.9 Å². The van der Waals surface area contributed by atoms with E-state index in [1.165, 1.54) is 4.68 Å². The molecule has 7 aromatic rings. The number of ether oxygens (including phenoxy) is 1. The van der Waals surface area contributed by atoms with Crippen LogP contribution in [0.5, 0.6) is 11.5 Å². The molecular weight excluding hydrogens is 744 g/mol. The second kappa shape index (κ2) is 11.4. The van der Waals surface area contributed by atoms with Gasteiger partial charge in [0.2, 0.25) is 0 Å². The summed E-state index contributed by atoms with van der Waals surface area (Å²) in [5.41, 5.74) is 4.21. The van der Waals surface area contributed by atoms with Gasteiger partial charge in [0.25, 0.3) is 0 Å². The van der Waals surface area contributed by atoms with Crippen molar-refractivity contribution in [3.63, 3.8) is 0 Å². The zero-order valence-corrected chi connectivity index (χ0v) is 26.0. The number of nitrogens with zero attached hydrogens (tertiary/aromatic N) is 4. The largest absolute Gasteiger partial charge is 2.00 e. The fourth-order valence-corrected chi connectivity index (χ4v) is 5.57. The summed E-state index contributed by atoms with van der Waals surface area (Å²) >= 11 is 0. The van der Waals surface area contributed by atoms with Crippen molar-refractivity contribution in [2.45, 2.75) is 20.8 Å². The summed E-state index contributed by atoms with van der Waals surface area (Å²) in [5, 5.41) is 6.60. The van der Waals surface area contributed by atoms with E-state index in [9.17, 15) is 13.2 Å². The van der Waals surface area contributed by atoms with Crippen LogP contribution in [-0.4, -0.2) is 19.3 Å². The molecule has 0 aliphatic rings. The molecule has 0 fully saturated rings. The third kappa shape index (κ3) is 4.99. The van der Waals surface area contributed by atoms with Crippen LogP contribution >= 0.6 is 0 Å². The second-order valence-corrected chi connectivity index (χ2v) is 10.3. The Hall–Kier alpha value is -4.68. The van der Waals surface area contributed by atoms with Gasteiger partial charge in [-0.3, -0.25) is 4.68 Å². The predicted molar refractivity (Wildman–Crippen MR) is 159 cm³/mol. The molecule has 0 saturated heterocycles. The van der Waals surface area contributed by atoms with Crippen LogP contribution in [0.2, 0.25) is 0 Å². The number of pyridine rings is 1.